The predicted octanol–water partition coefficient (Wildman–Crippen LogP) is 3.49. The molecule has 0 amide bonds. The number of hydrogen-bond donors (Lipinski definition) is 0. The van der Waals surface area contributed by atoms with Gasteiger partial charge in [0.05, 0.1) is 4.92 Å². The second-order valence-electron chi connectivity index (χ2n) is 3.83. The van der Waals surface area contributed by atoms with E-state index in [0.29, 0.717) is 11.8 Å². The highest BCUT2D eigenvalue weighted by Crippen LogP contribution is 2.31. The number of nitrogens with zero attached hydrogens (tertiary/aromatic N) is 1. The van der Waals surface area contributed by atoms with E-state index in [4.69, 9.17) is 0 Å². The molecule has 0 bridgehead atoms. The van der Waals surface area contributed by atoms with Crippen molar-refractivity contribution in [3.63, 3.8) is 0 Å². The van der Waals surface area contributed by atoms with Gasteiger partial charge in [0, 0.05) is 27.8 Å². The van der Waals surface area contributed by atoms with Crippen LogP contribution in [0.5, 0.6) is 0 Å². The average Bonchev–Trinajstić information content (AvgIpc) is 2.40. The number of benzene rings is 2. The minimum atomic E-state index is -0.463. The molecule has 0 aliphatic heterocycles. The summed E-state index contributed by atoms with van der Waals surface area (Å²) in [5.74, 6) is 0. The van der Waals surface area contributed by atoms with Gasteiger partial charge in [0.1, 0.15) is 6.29 Å². The molecule has 0 N–H and O–H groups in total. The van der Waals surface area contributed by atoms with Crippen LogP contribution < -0.4 is 0 Å². The van der Waals surface area contributed by atoms with Crippen molar-refractivity contribution in [3.8, 4) is 0 Å². The lowest BCUT2D eigenvalue weighted by Crippen LogP contribution is -1.96. The Morgan fingerprint density at radius 3 is 2.47 bits per heavy atom. The lowest BCUT2D eigenvalue weighted by Gasteiger charge is -2.04. The molecular formula is C14H11NO3S. The minimum absolute atomic E-state index is 0.00971. The first kappa shape index (κ1) is 13.3. The molecule has 2 rings (SSSR count). The van der Waals surface area contributed by atoms with Gasteiger partial charge in [-0.2, -0.15) is 0 Å². The first-order valence-corrected chi connectivity index (χ1v) is 6.46. The standard InChI is InChI=1S/C14H11NO3S/c16-9-8-11-10-13(6-7-14(11)15(17)18)19-12-4-2-1-3-5-12/h1-7,9-10H,8H2. The Balaban J connectivity index is 2.30. The largest absolute Gasteiger partial charge is 0.303 e. The molecule has 0 heterocycles. The fraction of sp³-hybridized carbons (Fsp3) is 0.0714. The molecular weight excluding hydrogens is 262 g/mol. The summed E-state index contributed by atoms with van der Waals surface area (Å²) in [5.41, 5.74) is 0.436. The monoisotopic (exact) mass is 273 g/mol. The van der Waals surface area contributed by atoms with E-state index in [2.05, 4.69) is 0 Å². The molecule has 2 aromatic rings. The fourth-order valence-electron chi connectivity index (χ4n) is 1.68. The number of carbonyl (C=O) groups is 1. The quantitative estimate of drug-likeness (QED) is 0.475. The fourth-order valence-corrected chi connectivity index (χ4v) is 2.58. The van der Waals surface area contributed by atoms with Crippen LogP contribution in [0.1, 0.15) is 5.56 Å². The van der Waals surface area contributed by atoms with Crippen LogP contribution in [0.25, 0.3) is 0 Å². The summed E-state index contributed by atoms with van der Waals surface area (Å²) in [6.45, 7) is 0. The van der Waals surface area contributed by atoms with Gasteiger partial charge in [-0.15, -0.1) is 0 Å². The van der Waals surface area contributed by atoms with Crippen molar-refractivity contribution in [2.45, 2.75) is 16.2 Å². The zero-order valence-corrected chi connectivity index (χ0v) is 10.8. The number of carbonyl (C=O) groups excluding carboxylic acids is 1. The number of nitro benzene ring substituents is 1. The van der Waals surface area contributed by atoms with Crippen LogP contribution in [0.4, 0.5) is 5.69 Å². The van der Waals surface area contributed by atoms with E-state index in [0.717, 1.165) is 9.79 Å². The molecule has 2 aromatic carbocycles. The molecule has 0 aromatic heterocycles. The van der Waals surface area contributed by atoms with Crippen LogP contribution in [0, 0.1) is 10.1 Å². The molecule has 96 valence electrons. The maximum Gasteiger partial charge on any atom is 0.273 e. The molecule has 0 saturated heterocycles. The molecule has 0 radical (unpaired) electrons. The third-order valence-corrected chi connectivity index (χ3v) is 3.53. The summed E-state index contributed by atoms with van der Waals surface area (Å²) in [6.07, 6.45) is 0.735. The highest BCUT2D eigenvalue weighted by Gasteiger charge is 2.13. The lowest BCUT2D eigenvalue weighted by atomic mass is 10.1. The van der Waals surface area contributed by atoms with Gasteiger partial charge in [0.2, 0.25) is 0 Å². The number of aldehydes is 1. The SMILES string of the molecule is O=CCc1cc(Sc2ccccc2)ccc1[N+](=O)[O-]. The van der Waals surface area contributed by atoms with Gasteiger partial charge in [0.25, 0.3) is 5.69 Å². The summed E-state index contributed by atoms with van der Waals surface area (Å²) in [7, 11) is 0. The minimum Gasteiger partial charge on any atom is -0.303 e. The Kier molecular flexibility index (Phi) is 4.30. The Hall–Kier alpha value is -2.14. The summed E-state index contributed by atoms with van der Waals surface area (Å²) < 4.78 is 0. The van der Waals surface area contributed by atoms with E-state index in [-0.39, 0.29) is 12.1 Å². The van der Waals surface area contributed by atoms with Crippen molar-refractivity contribution in [3.05, 3.63) is 64.2 Å². The van der Waals surface area contributed by atoms with E-state index in [1.807, 2.05) is 30.3 Å². The molecule has 0 aliphatic carbocycles. The normalized spacial score (nSPS) is 10.1. The van der Waals surface area contributed by atoms with Gasteiger partial charge in [-0.1, -0.05) is 30.0 Å². The molecule has 0 fully saturated rings. The maximum atomic E-state index is 10.8. The maximum absolute atomic E-state index is 10.8. The van der Waals surface area contributed by atoms with Crippen LogP contribution in [0.2, 0.25) is 0 Å². The third-order valence-electron chi connectivity index (χ3n) is 2.53. The van der Waals surface area contributed by atoms with E-state index in [1.54, 1.807) is 12.1 Å². The molecule has 0 saturated carbocycles. The molecule has 0 unspecified atom stereocenters. The second kappa shape index (κ2) is 6.15. The van der Waals surface area contributed by atoms with Crippen molar-refractivity contribution in [1.82, 2.24) is 0 Å². The van der Waals surface area contributed by atoms with Gasteiger partial charge >= 0.3 is 0 Å². The van der Waals surface area contributed by atoms with Gasteiger partial charge < -0.3 is 4.79 Å². The van der Waals surface area contributed by atoms with Gasteiger partial charge in [-0.3, -0.25) is 10.1 Å². The van der Waals surface area contributed by atoms with E-state index >= 15 is 0 Å². The Labute approximate surface area is 114 Å². The van der Waals surface area contributed by atoms with Crippen LogP contribution in [-0.4, -0.2) is 11.2 Å². The number of nitro groups is 1. The highest BCUT2D eigenvalue weighted by molar-refractivity contribution is 7.99. The Morgan fingerprint density at radius 2 is 1.84 bits per heavy atom. The average molecular weight is 273 g/mol. The van der Waals surface area contributed by atoms with Crippen LogP contribution in [0.3, 0.4) is 0 Å². The van der Waals surface area contributed by atoms with Crippen molar-refractivity contribution in [2.24, 2.45) is 0 Å². The zero-order chi connectivity index (χ0) is 13.7. The summed E-state index contributed by atoms with van der Waals surface area (Å²) in [6, 6.07) is 14.6. The Bertz CT molecular complexity index is 599. The van der Waals surface area contributed by atoms with Crippen molar-refractivity contribution in [1.29, 1.82) is 0 Å². The molecule has 4 nitrogen and oxygen atoms in total. The smallest absolute Gasteiger partial charge is 0.273 e. The van der Waals surface area contributed by atoms with Crippen LogP contribution >= 0.6 is 11.8 Å². The number of rotatable bonds is 5. The van der Waals surface area contributed by atoms with Crippen LogP contribution in [0.15, 0.2) is 58.3 Å². The lowest BCUT2D eigenvalue weighted by molar-refractivity contribution is -0.385. The van der Waals surface area contributed by atoms with Crippen molar-refractivity contribution < 1.29 is 9.72 Å². The molecule has 5 heteroatoms. The highest BCUT2D eigenvalue weighted by atomic mass is 32.2. The third kappa shape index (κ3) is 3.42. The molecule has 19 heavy (non-hydrogen) atoms. The molecule has 0 spiro atoms. The summed E-state index contributed by atoms with van der Waals surface area (Å²) in [5, 5.41) is 10.8. The summed E-state index contributed by atoms with van der Waals surface area (Å²) in [4.78, 5) is 22.9. The van der Waals surface area contributed by atoms with Gasteiger partial charge in [-0.05, 0) is 24.3 Å². The molecule has 0 atom stereocenters. The first-order chi connectivity index (χ1) is 9.20. The predicted molar refractivity (Wildman–Crippen MR) is 73.4 cm³/mol. The van der Waals surface area contributed by atoms with E-state index in [1.165, 1.54) is 17.8 Å². The number of hydrogen-bond acceptors (Lipinski definition) is 4. The second-order valence-corrected chi connectivity index (χ2v) is 4.98. The first-order valence-electron chi connectivity index (χ1n) is 5.64. The van der Waals surface area contributed by atoms with Gasteiger partial charge in [-0.25, -0.2) is 0 Å². The van der Waals surface area contributed by atoms with Crippen molar-refractivity contribution in [2.75, 3.05) is 0 Å². The summed E-state index contributed by atoms with van der Waals surface area (Å²) >= 11 is 1.51. The van der Waals surface area contributed by atoms with Crippen molar-refractivity contribution >= 4 is 23.7 Å². The molecule has 0 aliphatic rings. The topological polar surface area (TPSA) is 60.2 Å². The van der Waals surface area contributed by atoms with E-state index < -0.39 is 4.92 Å². The van der Waals surface area contributed by atoms with Crippen LogP contribution in [-0.2, 0) is 11.2 Å². The Morgan fingerprint density at radius 1 is 1.11 bits per heavy atom. The zero-order valence-electron chi connectivity index (χ0n) is 9.98. The van der Waals surface area contributed by atoms with Gasteiger partial charge in [0.15, 0.2) is 0 Å². The van der Waals surface area contributed by atoms with E-state index in [9.17, 15) is 14.9 Å².